The summed E-state index contributed by atoms with van der Waals surface area (Å²) >= 11 is 0. The van der Waals surface area contributed by atoms with Gasteiger partial charge in [0, 0.05) is 30.5 Å². The van der Waals surface area contributed by atoms with Crippen LogP contribution in [0.4, 0.5) is 0 Å². The van der Waals surface area contributed by atoms with Crippen LogP contribution in [0.15, 0.2) is 28.8 Å². The van der Waals surface area contributed by atoms with E-state index in [4.69, 9.17) is 10.3 Å². The summed E-state index contributed by atoms with van der Waals surface area (Å²) < 4.78 is 5.23. The van der Waals surface area contributed by atoms with E-state index in [-0.39, 0.29) is 18.0 Å². The zero-order valence-corrected chi connectivity index (χ0v) is 12.6. The van der Waals surface area contributed by atoms with Crippen molar-refractivity contribution in [2.45, 2.75) is 44.7 Å². The van der Waals surface area contributed by atoms with Gasteiger partial charge < -0.3 is 15.6 Å². The molecule has 0 bridgehead atoms. The number of nitrogens with one attached hydrogen (secondary N) is 1. The van der Waals surface area contributed by atoms with Crippen LogP contribution in [0, 0.1) is 6.92 Å². The summed E-state index contributed by atoms with van der Waals surface area (Å²) in [6.07, 6.45) is 2.71. The third-order valence-corrected chi connectivity index (χ3v) is 4.09. The molecule has 1 fully saturated rings. The molecule has 0 saturated heterocycles. The summed E-state index contributed by atoms with van der Waals surface area (Å²) in [4.78, 5) is 16.2. The van der Waals surface area contributed by atoms with Gasteiger partial charge in [0.1, 0.15) is 0 Å². The van der Waals surface area contributed by atoms with E-state index in [1.54, 1.807) is 0 Å². The van der Waals surface area contributed by atoms with Crippen molar-refractivity contribution < 1.29 is 9.32 Å². The molecule has 3 rings (SSSR count). The Morgan fingerprint density at radius 1 is 1.41 bits per heavy atom. The van der Waals surface area contributed by atoms with E-state index < -0.39 is 0 Å². The fraction of sp³-hybridized carbons (Fsp3) is 0.438. The maximum absolute atomic E-state index is 11.8. The summed E-state index contributed by atoms with van der Waals surface area (Å²) in [6.45, 7) is 2.00. The lowest BCUT2D eigenvalue weighted by Gasteiger charge is -2.34. The highest BCUT2D eigenvalue weighted by atomic mass is 16.5. The first-order chi connectivity index (χ1) is 10.6. The summed E-state index contributed by atoms with van der Waals surface area (Å²) in [5.74, 6) is 1.02. The van der Waals surface area contributed by atoms with Gasteiger partial charge >= 0.3 is 0 Å². The Kier molecular flexibility index (Phi) is 4.20. The maximum Gasteiger partial charge on any atom is 0.227 e. The van der Waals surface area contributed by atoms with Gasteiger partial charge in [0.2, 0.25) is 17.6 Å². The largest absolute Gasteiger partial charge is 0.352 e. The van der Waals surface area contributed by atoms with E-state index in [0.717, 1.165) is 24.0 Å². The third kappa shape index (κ3) is 3.17. The Labute approximate surface area is 129 Å². The van der Waals surface area contributed by atoms with Gasteiger partial charge in [-0.1, -0.05) is 29.4 Å². The van der Waals surface area contributed by atoms with Crippen LogP contribution in [-0.4, -0.2) is 28.1 Å². The first-order valence-electron chi connectivity index (χ1n) is 7.57. The predicted octanol–water partition coefficient (Wildman–Crippen LogP) is 1.58. The van der Waals surface area contributed by atoms with Crippen molar-refractivity contribution in [3.63, 3.8) is 0 Å². The number of rotatable bonds is 5. The number of nitrogens with two attached hydrogens (primary N) is 1. The molecular formula is C16H20N4O2. The minimum Gasteiger partial charge on any atom is -0.352 e. The zero-order valence-electron chi connectivity index (χ0n) is 12.6. The Hall–Kier alpha value is -2.21. The highest BCUT2D eigenvalue weighted by Crippen LogP contribution is 2.20. The number of amides is 1. The van der Waals surface area contributed by atoms with Crippen molar-refractivity contribution in [2.75, 3.05) is 0 Å². The van der Waals surface area contributed by atoms with Crippen molar-refractivity contribution in [1.29, 1.82) is 0 Å². The topological polar surface area (TPSA) is 94.0 Å². The van der Waals surface area contributed by atoms with E-state index >= 15 is 0 Å². The van der Waals surface area contributed by atoms with Crippen LogP contribution in [0.25, 0.3) is 11.4 Å². The van der Waals surface area contributed by atoms with E-state index in [1.807, 2.05) is 31.2 Å². The standard InChI is InChI=1S/C16H20N4O2/c1-10-4-2-3-5-11(10)16-19-15(22-20-16)9-8-14(21)18-13-7-6-12(13)17/h2-5,12-13H,6-9,17H2,1H3,(H,18,21)/t12-,13+/m0/s1. The summed E-state index contributed by atoms with van der Waals surface area (Å²) in [6, 6.07) is 8.08. The van der Waals surface area contributed by atoms with Crippen molar-refractivity contribution in [2.24, 2.45) is 5.73 Å². The van der Waals surface area contributed by atoms with Crippen LogP contribution in [0.1, 0.15) is 30.7 Å². The van der Waals surface area contributed by atoms with Gasteiger partial charge in [0.25, 0.3) is 0 Å². The van der Waals surface area contributed by atoms with Crippen molar-refractivity contribution in [3.05, 3.63) is 35.7 Å². The average Bonchev–Trinajstić information content (AvgIpc) is 2.98. The lowest BCUT2D eigenvalue weighted by atomic mass is 9.87. The Bertz CT molecular complexity index is 668. The fourth-order valence-electron chi connectivity index (χ4n) is 2.49. The van der Waals surface area contributed by atoms with Gasteiger partial charge in [0.05, 0.1) is 0 Å². The Morgan fingerprint density at radius 2 is 2.23 bits per heavy atom. The molecule has 1 aliphatic carbocycles. The Morgan fingerprint density at radius 3 is 2.91 bits per heavy atom. The number of hydrogen-bond donors (Lipinski definition) is 2. The molecule has 2 aromatic rings. The lowest BCUT2D eigenvalue weighted by molar-refractivity contribution is -0.122. The summed E-state index contributed by atoms with van der Waals surface area (Å²) in [5, 5.41) is 6.92. The molecule has 1 aliphatic rings. The van der Waals surface area contributed by atoms with E-state index in [2.05, 4.69) is 15.5 Å². The second-order valence-corrected chi connectivity index (χ2v) is 5.74. The van der Waals surface area contributed by atoms with Gasteiger partial charge in [0.15, 0.2) is 0 Å². The van der Waals surface area contributed by atoms with E-state index in [9.17, 15) is 4.79 Å². The van der Waals surface area contributed by atoms with Crippen molar-refractivity contribution in [1.82, 2.24) is 15.5 Å². The molecule has 22 heavy (non-hydrogen) atoms. The minimum atomic E-state index is -0.0178. The highest BCUT2D eigenvalue weighted by Gasteiger charge is 2.28. The first kappa shape index (κ1) is 14.7. The summed E-state index contributed by atoms with van der Waals surface area (Å²) in [7, 11) is 0. The maximum atomic E-state index is 11.8. The molecule has 1 saturated carbocycles. The van der Waals surface area contributed by atoms with Crippen LogP contribution in [0.2, 0.25) is 0 Å². The normalized spacial score (nSPS) is 20.5. The molecule has 1 aromatic carbocycles. The van der Waals surface area contributed by atoms with Crippen LogP contribution in [0.5, 0.6) is 0 Å². The SMILES string of the molecule is Cc1ccccc1-c1noc(CCC(=O)N[C@@H]2CC[C@@H]2N)n1. The second-order valence-electron chi connectivity index (χ2n) is 5.74. The number of aryl methyl sites for hydroxylation is 2. The smallest absolute Gasteiger partial charge is 0.227 e. The predicted molar refractivity (Wildman–Crippen MR) is 81.9 cm³/mol. The van der Waals surface area contributed by atoms with Crippen molar-refractivity contribution >= 4 is 5.91 Å². The van der Waals surface area contributed by atoms with Gasteiger partial charge in [-0.2, -0.15) is 4.98 Å². The summed E-state index contributed by atoms with van der Waals surface area (Å²) in [5.41, 5.74) is 7.84. The molecule has 0 unspecified atom stereocenters. The van der Waals surface area contributed by atoms with Crippen LogP contribution in [0.3, 0.4) is 0 Å². The molecule has 116 valence electrons. The number of benzene rings is 1. The Balaban J connectivity index is 1.56. The van der Waals surface area contributed by atoms with Crippen LogP contribution >= 0.6 is 0 Å². The minimum absolute atomic E-state index is 0.0178. The van der Waals surface area contributed by atoms with Crippen LogP contribution < -0.4 is 11.1 Å². The highest BCUT2D eigenvalue weighted by molar-refractivity contribution is 5.76. The molecule has 0 aliphatic heterocycles. The number of carbonyl (C=O) groups excluding carboxylic acids is 1. The van der Waals surface area contributed by atoms with Crippen LogP contribution in [-0.2, 0) is 11.2 Å². The molecular weight excluding hydrogens is 280 g/mol. The van der Waals surface area contributed by atoms with Gasteiger partial charge in [-0.3, -0.25) is 4.79 Å². The molecule has 6 nitrogen and oxygen atoms in total. The third-order valence-electron chi connectivity index (χ3n) is 4.09. The molecule has 6 heteroatoms. The molecule has 1 aromatic heterocycles. The number of carbonyl (C=O) groups is 1. The molecule has 1 amide bonds. The number of aromatic nitrogens is 2. The van der Waals surface area contributed by atoms with Crippen molar-refractivity contribution in [3.8, 4) is 11.4 Å². The van der Waals surface area contributed by atoms with Gasteiger partial charge in [-0.15, -0.1) is 0 Å². The molecule has 2 atom stereocenters. The van der Waals surface area contributed by atoms with E-state index in [1.165, 1.54) is 0 Å². The number of nitrogens with zero attached hydrogens (tertiary/aromatic N) is 2. The quantitative estimate of drug-likeness (QED) is 0.874. The lowest BCUT2D eigenvalue weighted by Crippen LogP contribution is -2.54. The molecule has 1 heterocycles. The first-order valence-corrected chi connectivity index (χ1v) is 7.57. The van der Waals surface area contributed by atoms with E-state index in [0.29, 0.717) is 24.6 Å². The molecule has 3 N–H and O–H groups in total. The molecule has 0 radical (unpaired) electrons. The fourth-order valence-corrected chi connectivity index (χ4v) is 2.49. The second kappa shape index (κ2) is 6.27. The molecule has 0 spiro atoms. The monoisotopic (exact) mass is 300 g/mol. The average molecular weight is 300 g/mol. The van der Waals surface area contributed by atoms with Gasteiger partial charge in [-0.05, 0) is 25.3 Å². The zero-order chi connectivity index (χ0) is 15.5. The number of hydrogen-bond acceptors (Lipinski definition) is 5. The van der Waals surface area contributed by atoms with Gasteiger partial charge in [-0.25, -0.2) is 0 Å².